The molecule has 0 unspecified atom stereocenters. The van der Waals surface area contributed by atoms with E-state index in [1.807, 2.05) is 0 Å². The van der Waals surface area contributed by atoms with Crippen molar-refractivity contribution >= 4 is 0 Å². The molecule has 1 heterocycles. The molecule has 2 heteroatoms. The van der Waals surface area contributed by atoms with E-state index < -0.39 is 0 Å². The summed E-state index contributed by atoms with van der Waals surface area (Å²) in [5.41, 5.74) is 0. The fraction of sp³-hybridized carbons (Fsp3) is 0.875. The van der Waals surface area contributed by atoms with E-state index >= 15 is 0 Å². The van der Waals surface area contributed by atoms with Gasteiger partial charge in [0.25, 0.3) is 5.82 Å². The van der Waals surface area contributed by atoms with Crippen LogP contribution in [0.3, 0.4) is 0 Å². The maximum atomic E-state index is 2.54. The van der Waals surface area contributed by atoms with Crippen LogP contribution in [0.1, 0.15) is 123 Å². The summed E-state index contributed by atoms with van der Waals surface area (Å²) in [5.74, 6) is 1.56. The predicted octanol–water partition coefficient (Wildman–Crippen LogP) is 7.23. The third kappa shape index (κ3) is 10.4. The number of aromatic nitrogens is 2. The Kier molecular flexibility index (Phi) is 14.7. The van der Waals surface area contributed by atoms with Crippen LogP contribution in [0.15, 0.2) is 12.4 Å². The Hall–Kier alpha value is -0.790. The molecule has 0 fully saturated rings. The van der Waals surface area contributed by atoms with E-state index in [9.17, 15) is 0 Å². The molecule has 0 aliphatic carbocycles. The minimum atomic E-state index is 1.21. The van der Waals surface area contributed by atoms with Gasteiger partial charge in [-0.25, -0.2) is 9.13 Å². The first-order chi connectivity index (χ1) is 12.8. The van der Waals surface area contributed by atoms with E-state index in [2.05, 4.69) is 42.3 Å². The molecule has 0 saturated carbocycles. The summed E-state index contributed by atoms with van der Waals surface area (Å²) >= 11 is 0. The molecule has 1 rings (SSSR count). The van der Waals surface area contributed by atoms with Gasteiger partial charge in [-0.15, -0.1) is 0 Å². The zero-order valence-electron chi connectivity index (χ0n) is 18.3. The summed E-state index contributed by atoms with van der Waals surface area (Å²) in [6, 6.07) is 0. The number of hydrogen-bond acceptors (Lipinski definition) is 0. The van der Waals surface area contributed by atoms with Gasteiger partial charge >= 0.3 is 0 Å². The van der Waals surface area contributed by atoms with Gasteiger partial charge in [-0.05, 0) is 32.1 Å². The Morgan fingerprint density at radius 1 is 0.654 bits per heavy atom. The van der Waals surface area contributed by atoms with Crippen molar-refractivity contribution in [3.8, 4) is 0 Å². The zero-order chi connectivity index (χ0) is 18.9. The first-order valence-electron chi connectivity index (χ1n) is 11.9. The van der Waals surface area contributed by atoms with Crippen molar-refractivity contribution < 1.29 is 4.57 Å². The summed E-state index contributed by atoms with van der Waals surface area (Å²) in [6.07, 6.45) is 26.7. The van der Waals surface area contributed by atoms with E-state index in [-0.39, 0.29) is 0 Å². The van der Waals surface area contributed by atoms with Gasteiger partial charge in [-0.2, -0.15) is 0 Å². The standard InChI is InChI=1S/C24H47N2/c1-4-7-9-11-13-14-16-18-21-26-23-22-25(24(26)19-6-3)20-17-15-12-10-8-5-2/h22-23H,4-21H2,1-3H3/q+1. The normalized spacial score (nSPS) is 11.3. The maximum Gasteiger partial charge on any atom is 0.256 e. The van der Waals surface area contributed by atoms with Crippen LogP contribution in [0.2, 0.25) is 0 Å². The summed E-state index contributed by atoms with van der Waals surface area (Å²) in [4.78, 5) is 0. The molecule has 0 aromatic carbocycles. The highest BCUT2D eigenvalue weighted by Gasteiger charge is 2.15. The maximum absolute atomic E-state index is 2.54. The molecule has 1 aromatic rings. The first kappa shape index (κ1) is 23.2. The van der Waals surface area contributed by atoms with Crippen molar-refractivity contribution in [3.63, 3.8) is 0 Å². The van der Waals surface area contributed by atoms with Gasteiger partial charge in [0, 0.05) is 6.42 Å². The van der Waals surface area contributed by atoms with Crippen molar-refractivity contribution in [2.75, 3.05) is 0 Å². The Morgan fingerprint density at radius 3 is 1.77 bits per heavy atom. The van der Waals surface area contributed by atoms with Crippen LogP contribution in [0.4, 0.5) is 0 Å². The fourth-order valence-corrected chi connectivity index (χ4v) is 3.89. The van der Waals surface area contributed by atoms with Crippen LogP contribution in [0.5, 0.6) is 0 Å². The van der Waals surface area contributed by atoms with Crippen LogP contribution in [0.25, 0.3) is 0 Å². The predicted molar refractivity (Wildman–Crippen MR) is 115 cm³/mol. The molecule has 2 nitrogen and oxygen atoms in total. The second-order valence-corrected chi connectivity index (χ2v) is 8.09. The summed E-state index contributed by atoms with van der Waals surface area (Å²) in [6.45, 7) is 9.33. The van der Waals surface area contributed by atoms with Crippen LogP contribution >= 0.6 is 0 Å². The molecule has 0 spiro atoms. The molecule has 0 saturated heterocycles. The highest BCUT2D eigenvalue weighted by atomic mass is 15.1. The average molecular weight is 364 g/mol. The van der Waals surface area contributed by atoms with Crippen LogP contribution < -0.4 is 4.57 Å². The van der Waals surface area contributed by atoms with Gasteiger partial charge in [0.2, 0.25) is 0 Å². The average Bonchev–Trinajstić information content (AvgIpc) is 3.02. The van der Waals surface area contributed by atoms with E-state index in [4.69, 9.17) is 0 Å². The molecule has 0 bridgehead atoms. The van der Waals surface area contributed by atoms with Gasteiger partial charge < -0.3 is 0 Å². The van der Waals surface area contributed by atoms with Crippen molar-refractivity contribution in [1.29, 1.82) is 0 Å². The number of rotatable bonds is 18. The lowest BCUT2D eigenvalue weighted by Gasteiger charge is -2.05. The molecule has 1 aromatic heterocycles. The molecule has 152 valence electrons. The van der Waals surface area contributed by atoms with Crippen LogP contribution in [0, 0.1) is 0 Å². The SMILES string of the molecule is CCCCCCCCCC[n+]1ccn(CCCCCCCC)c1CCC. The Morgan fingerprint density at radius 2 is 1.19 bits per heavy atom. The Bertz CT molecular complexity index is 422. The second-order valence-electron chi connectivity index (χ2n) is 8.09. The lowest BCUT2D eigenvalue weighted by atomic mass is 10.1. The molecular weight excluding hydrogens is 316 g/mol. The van der Waals surface area contributed by atoms with E-state index in [0.717, 1.165) is 0 Å². The number of aryl methyl sites for hydroxylation is 2. The second kappa shape index (κ2) is 16.4. The minimum absolute atomic E-state index is 1.21. The van der Waals surface area contributed by atoms with Crippen LogP contribution in [-0.4, -0.2) is 4.57 Å². The molecule has 0 aliphatic rings. The molecule has 0 aliphatic heterocycles. The lowest BCUT2D eigenvalue weighted by Crippen LogP contribution is -2.37. The molecule has 26 heavy (non-hydrogen) atoms. The van der Waals surface area contributed by atoms with Gasteiger partial charge in [0.1, 0.15) is 12.4 Å². The smallest absolute Gasteiger partial charge is 0.234 e. The zero-order valence-corrected chi connectivity index (χ0v) is 18.3. The number of unbranched alkanes of at least 4 members (excludes halogenated alkanes) is 12. The first-order valence-corrected chi connectivity index (χ1v) is 11.9. The number of imidazole rings is 1. The summed E-state index contributed by atoms with van der Waals surface area (Å²) < 4.78 is 5.08. The largest absolute Gasteiger partial charge is 0.256 e. The summed E-state index contributed by atoms with van der Waals surface area (Å²) in [7, 11) is 0. The molecule has 0 N–H and O–H groups in total. The summed E-state index contributed by atoms with van der Waals surface area (Å²) in [5, 5.41) is 0. The number of hydrogen-bond donors (Lipinski definition) is 0. The Labute approximate surface area is 164 Å². The van der Waals surface area contributed by atoms with E-state index in [0.29, 0.717) is 0 Å². The lowest BCUT2D eigenvalue weighted by molar-refractivity contribution is -0.704. The van der Waals surface area contributed by atoms with E-state index in [1.54, 1.807) is 5.82 Å². The molecule has 0 radical (unpaired) electrons. The van der Waals surface area contributed by atoms with Crippen molar-refractivity contribution in [3.05, 3.63) is 18.2 Å². The minimum Gasteiger partial charge on any atom is -0.234 e. The monoisotopic (exact) mass is 363 g/mol. The van der Waals surface area contributed by atoms with Crippen molar-refractivity contribution in [1.82, 2.24) is 4.57 Å². The van der Waals surface area contributed by atoms with Gasteiger partial charge in [0.05, 0.1) is 13.1 Å². The topological polar surface area (TPSA) is 8.81 Å². The van der Waals surface area contributed by atoms with Gasteiger partial charge in [-0.1, -0.05) is 85.0 Å². The third-order valence-corrected chi connectivity index (χ3v) is 5.57. The van der Waals surface area contributed by atoms with Crippen LogP contribution in [-0.2, 0) is 19.5 Å². The molecule has 0 amide bonds. The highest BCUT2D eigenvalue weighted by Crippen LogP contribution is 2.10. The van der Waals surface area contributed by atoms with E-state index in [1.165, 1.54) is 116 Å². The van der Waals surface area contributed by atoms with Crippen molar-refractivity contribution in [2.45, 2.75) is 137 Å². The Balaban J connectivity index is 2.26. The van der Waals surface area contributed by atoms with Gasteiger partial charge in [0.15, 0.2) is 0 Å². The fourth-order valence-electron chi connectivity index (χ4n) is 3.89. The van der Waals surface area contributed by atoms with Crippen molar-refractivity contribution in [2.24, 2.45) is 0 Å². The highest BCUT2D eigenvalue weighted by molar-refractivity contribution is 4.84. The third-order valence-electron chi connectivity index (χ3n) is 5.57. The quantitative estimate of drug-likeness (QED) is 0.192. The molecule has 0 atom stereocenters. The van der Waals surface area contributed by atoms with Gasteiger partial charge in [-0.3, -0.25) is 0 Å². The number of nitrogens with zero attached hydrogens (tertiary/aromatic N) is 2. The molecular formula is C24H47N2+.